The van der Waals surface area contributed by atoms with Crippen LogP contribution in [0.25, 0.3) is 0 Å². The number of benzene rings is 1. The first-order valence-electron chi connectivity index (χ1n) is 7.99. The number of hydrogen-bond donors (Lipinski definition) is 0. The third-order valence-corrected chi connectivity index (χ3v) is 5.23. The Kier molecular flexibility index (Phi) is 4.56. The van der Waals surface area contributed by atoms with E-state index in [1.165, 1.54) is 7.11 Å². The largest absolute Gasteiger partial charge is 0.469 e. The lowest BCUT2D eigenvalue weighted by atomic mass is 9.65. The molecule has 0 bridgehead atoms. The zero-order chi connectivity index (χ0) is 18.2. The van der Waals surface area contributed by atoms with Gasteiger partial charge < -0.3 is 9.47 Å². The van der Waals surface area contributed by atoms with Crippen LogP contribution in [-0.4, -0.2) is 37.1 Å². The molecular weight excluding hydrogens is 346 g/mol. The van der Waals surface area contributed by atoms with E-state index < -0.39 is 34.7 Å². The topological polar surface area (TPSA) is 72.9 Å². The second-order valence-electron chi connectivity index (χ2n) is 5.86. The van der Waals surface area contributed by atoms with Crippen LogP contribution in [0.4, 0.5) is 10.5 Å². The Balaban J connectivity index is 2.24. The molecule has 0 unspecified atom stereocenters. The molecule has 1 aromatic carbocycles. The summed E-state index contributed by atoms with van der Waals surface area (Å²) in [5, 5.41) is -0.699. The fraction of sp³-hybridized carbons (Fsp3) is 0.389. The van der Waals surface area contributed by atoms with E-state index in [0.29, 0.717) is 17.7 Å². The summed E-state index contributed by atoms with van der Waals surface area (Å²) in [5.74, 6) is -2.05. The highest BCUT2D eigenvalue weighted by atomic mass is 35.5. The fourth-order valence-electron chi connectivity index (χ4n) is 3.66. The van der Waals surface area contributed by atoms with E-state index in [1.54, 1.807) is 43.3 Å². The van der Waals surface area contributed by atoms with E-state index in [-0.39, 0.29) is 6.61 Å². The van der Waals surface area contributed by atoms with Crippen LogP contribution in [0.2, 0.25) is 0 Å². The van der Waals surface area contributed by atoms with Crippen molar-refractivity contribution in [3.63, 3.8) is 0 Å². The number of carbonyl (C=O) groups excluding carboxylic acids is 3. The summed E-state index contributed by atoms with van der Waals surface area (Å²) in [7, 11) is 1.26. The van der Waals surface area contributed by atoms with Gasteiger partial charge in [0.15, 0.2) is 0 Å². The normalized spacial score (nSPS) is 27.3. The molecular formula is C18H18ClNO5. The molecule has 2 amide bonds. The van der Waals surface area contributed by atoms with Crippen molar-refractivity contribution in [3.05, 3.63) is 42.0 Å². The van der Waals surface area contributed by atoms with Crippen molar-refractivity contribution in [1.29, 1.82) is 0 Å². The van der Waals surface area contributed by atoms with E-state index in [1.807, 2.05) is 0 Å². The summed E-state index contributed by atoms with van der Waals surface area (Å²) < 4.78 is 9.93. The monoisotopic (exact) mass is 363 g/mol. The quantitative estimate of drug-likeness (QED) is 0.459. The molecule has 6 nitrogen and oxygen atoms in total. The van der Waals surface area contributed by atoms with Gasteiger partial charge in [-0.15, -0.1) is 11.6 Å². The maximum atomic E-state index is 13.4. The summed E-state index contributed by atoms with van der Waals surface area (Å²) in [6.07, 6.45) is 3.01. The first kappa shape index (κ1) is 17.5. The minimum absolute atomic E-state index is 0.127. The van der Waals surface area contributed by atoms with Crippen LogP contribution in [0.5, 0.6) is 0 Å². The second kappa shape index (κ2) is 6.52. The third kappa shape index (κ3) is 2.35. The first-order chi connectivity index (χ1) is 12.0. The van der Waals surface area contributed by atoms with Gasteiger partial charge in [-0.25, -0.2) is 9.69 Å². The zero-order valence-electron chi connectivity index (χ0n) is 13.9. The number of anilines is 1. The number of allylic oxidation sites excluding steroid dienone is 1. The van der Waals surface area contributed by atoms with Crippen molar-refractivity contribution in [3.8, 4) is 0 Å². The first-order valence-corrected chi connectivity index (χ1v) is 8.43. The molecule has 7 heteroatoms. The van der Waals surface area contributed by atoms with Gasteiger partial charge in [-0.3, -0.25) is 9.59 Å². The van der Waals surface area contributed by atoms with Gasteiger partial charge >= 0.3 is 12.1 Å². The summed E-state index contributed by atoms with van der Waals surface area (Å²) in [5.41, 5.74) is -0.471. The lowest BCUT2D eigenvalue weighted by Gasteiger charge is -2.39. The molecule has 1 heterocycles. The molecule has 0 radical (unpaired) electrons. The zero-order valence-corrected chi connectivity index (χ0v) is 14.7. The molecule has 25 heavy (non-hydrogen) atoms. The van der Waals surface area contributed by atoms with Crippen molar-refractivity contribution in [1.82, 2.24) is 0 Å². The van der Waals surface area contributed by atoms with Crippen molar-refractivity contribution in [2.45, 2.75) is 24.1 Å². The van der Waals surface area contributed by atoms with Crippen LogP contribution in [0.1, 0.15) is 18.9 Å². The van der Waals surface area contributed by atoms with Gasteiger partial charge in [0.1, 0.15) is 5.41 Å². The van der Waals surface area contributed by atoms with Gasteiger partial charge in [-0.05, 0) is 25.0 Å². The smallest absolute Gasteiger partial charge is 0.421 e. The van der Waals surface area contributed by atoms with Crippen LogP contribution >= 0.6 is 11.6 Å². The Morgan fingerprint density at radius 2 is 2.08 bits per heavy atom. The van der Waals surface area contributed by atoms with Gasteiger partial charge in [-0.1, -0.05) is 30.4 Å². The molecule has 2 aliphatic rings. The summed E-state index contributed by atoms with van der Waals surface area (Å²) in [6, 6.07) is 6.83. The number of methoxy groups -OCH3 is 1. The molecule has 1 spiro atoms. The summed E-state index contributed by atoms with van der Waals surface area (Å²) in [6.45, 7) is 1.79. The molecule has 1 aromatic rings. The molecule has 0 N–H and O–H groups in total. The molecule has 3 rings (SSSR count). The molecule has 3 atom stereocenters. The Labute approximate surface area is 150 Å². The van der Waals surface area contributed by atoms with E-state index in [9.17, 15) is 14.4 Å². The number of halogens is 1. The number of amides is 2. The average Bonchev–Trinajstić information content (AvgIpc) is 2.87. The van der Waals surface area contributed by atoms with E-state index in [4.69, 9.17) is 21.1 Å². The SMILES string of the molecule is CCOC(=O)N1C(=O)[C@]2(c3ccccc31)[C@@H](C(=O)OC)C=CC[C@@H]2Cl. The molecule has 1 aliphatic carbocycles. The number of hydrogen-bond acceptors (Lipinski definition) is 5. The van der Waals surface area contributed by atoms with Crippen LogP contribution in [-0.2, 0) is 24.5 Å². The summed E-state index contributed by atoms with van der Waals surface area (Å²) >= 11 is 6.59. The highest BCUT2D eigenvalue weighted by molar-refractivity contribution is 6.30. The maximum absolute atomic E-state index is 13.4. The van der Waals surface area contributed by atoms with Crippen LogP contribution < -0.4 is 4.90 Å². The van der Waals surface area contributed by atoms with Gasteiger partial charge in [0.25, 0.3) is 0 Å². The maximum Gasteiger partial charge on any atom is 0.421 e. The van der Waals surface area contributed by atoms with Gasteiger partial charge in [0, 0.05) is 0 Å². The highest BCUT2D eigenvalue weighted by Crippen LogP contribution is 2.53. The molecule has 0 saturated heterocycles. The minimum Gasteiger partial charge on any atom is -0.469 e. The van der Waals surface area contributed by atoms with Gasteiger partial charge in [-0.2, -0.15) is 0 Å². The Morgan fingerprint density at radius 3 is 2.76 bits per heavy atom. The Hall–Kier alpha value is -2.34. The second-order valence-corrected chi connectivity index (χ2v) is 6.38. The van der Waals surface area contributed by atoms with Gasteiger partial charge in [0.05, 0.1) is 30.7 Å². The number of nitrogens with zero attached hydrogens (tertiary/aromatic N) is 1. The van der Waals surface area contributed by atoms with Crippen molar-refractivity contribution in [2.24, 2.45) is 5.92 Å². The van der Waals surface area contributed by atoms with Crippen LogP contribution in [0, 0.1) is 5.92 Å². The van der Waals surface area contributed by atoms with E-state index in [0.717, 1.165) is 4.90 Å². The molecule has 0 fully saturated rings. The predicted octanol–water partition coefficient (Wildman–Crippen LogP) is 2.78. The number of ether oxygens (including phenoxy) is 2. The van der Waals surface area contributed by atoms with E-state index >= 15 is 0 Å². The number of carbonyl (C=O) groups is 3. The summed E-state index contributed by atoms with van der Waals surface area (Å²) in [4.78, 5) is 39.2. The third-order valence-electron chi connectivity index (χ3n) is 4.71. The molecule has 1 aliphatic heterocycles. The molecule has 0 saturated carbocycles. The van der Waals surface area contributed by atoms with Crippen molar-refractivity contribution < 1.29 is 23.9 Å². The molecule has 0 aromatic heterocycles. The lowest BCUT2D eigenvalue weighted by Crippen LogP contribution is -2.55. The number of esters is 1. The number of rotatable bonds is 2. The van der Waals surface area contributed by atoms with Crippen molar-refractivity contribution in [2.75, 3.05) is 18.6 Å². The van der Waals surface area contributed by atoms with E-state index in [2.05, 4.69) is 0 Å². The Morgan fingerprint density at radius 1 is 1.36 bits per heavy atom. The van der Waals surface area contributed by atoms with Gasteiger partial charge in [0.2, 0.25) is 5.91 Å². The van der Waals surface area contributed by atoms with Crippen LogP contribution in [0.15, 0.2) is 36.4 Å². The van der Waals surface area contributed by atoms with Crippen molar-refractivity contribution >= 4 is 35.3 Å². The standard InChI is InChI=1S/C18H18ClNO5/c1-3-25-17(23)20-13-9-5-4-7-11(13)18(16(20)22)12(15(21)24-2)8-6-10-14(18)19/h4-9,12,14H,3,10H2,1-2H3/t12-,14+,18-/m1/s1. The average molecular weight is 364 g/mol. The predicted molar refractivity (Wildman–Crippen MR) is 91.5 cm³/mol. The lowest BCUT2D eigenvalue weighted by molar-refractivity contribution is -0.149. The van der Waals surface area contributed by atoms with Crippen LogP contribution in [0.3, 0.4) is 0 Å². The highest BCUT2D eigenvalue weighted by Gasteiger charge is 2.63. The number of fused-ring (bicyclic) bond motifs is 2. The molecule has 132 valence electrons. The number of para-hydroxylation sites is 1. The number of alkyl halides is 1. The number of imide groups is 1. The minimum atomic E-state index is -1.40. The fourth-order valence-corrected chi connectivity index (χ4v) is 4.11. The Bertz CT molecular complexity index is 762.